The van der Waals surface area contributed by atoms with E-state index in [9.17, 15) is 13.2 Å². The van der Waals surface area contributed by atoms with Crippen LogP contribution >= 0.6 is 39.9 Å². The lowest BCUT2D eigenvalue weighted by atomic mass is 10.1. The number of methoxy groups -OCH3 is 1. The Bertz CT molecular complexity index is 850. The Kier molecular flexibility index (Phi) is 5.06. The number of carbonyl (C=O) groups is 1. The molecule has 0 radical (unpaired) electrons. The van der Waals surface area contributed by atoms with E-state index in [0.717, 1.165) is 10.0 Å². The molecule has 2 aliphatic rings. The van der Waals surface area contributed by atoms with Gasteiger partial charge < -0.3 is 4.74 Å². The van der Waals surface area contributed by atoms with Gasteiger partial charge in [0.25, 0.3) is 5.91 Å². The van der Waals surface area contributed by atoms with Crippen LogP contribution in [-0.2, 0) is 14.6 Å². The summed E-state index contributed by atoms with van der Waals surface area (Å²) in [4.78, 5) is 14.6. The average Bonchev–Trinajstić information content (AvgIpc) is 2.99. The van der Waals surface area contributed by atoms with E-state index in [4.69, 9.17) is 17.0 Å². The predicted molar refractivity (Wildman–Crippen MR) is 103 cm³/mol. The summed E-state index contributed by atoms with van der Waals surface area (Å²) in [6.07, 6.45) is 2.16. The minimum atomic E-state index is -3.08. The lowest BCUT2D eigenvalue weighted by Gasteiger charge is -2.20. The molecule has 1 aromatic carbocycles. The number of carbonyl (C=O) groups excluding carboxylic acids is 1. The highest BCUT2D eigenvalue weighted by molar-refractivity contribution is 9.10. The minimum Gasteiger partial charge on any atom is -0.496 e. The summed E-state index contributed by atoms with van der Waals surface area (Å²) >= 11 is 9.89. The molecule has 1 amide bonds. The topological polar surface area (TPSA) is 63.7 Å². The highest BCUT2D eigenvalue weighted by Gasteiger charge is 2.42. The first-order valence-electron chi connectivity index (χ1n) is 7.12. The standard InChI is InChI=1S/C15H14BrNO4S3/c1-21-12-3-2-10(16)6-9(12)7-13-14(18)17(15(22)23-13)11-4-5-24(19,20)8-11/h2-3,6-7,11H,4-5,8H2,1H3/b13-7+. The molecule has 2 heterocycles. The monoisotopic (exact) mass is 447 g/mol. The van der Waals surface area contributed by atoms with E-state index in [0.29, 0.717) is 21.4 Å². The third-order valence-corrected chi connectivity index (χ3v) is 7.45. The van der Waals surface area contributed by atoms with Crippen molar-refractivity contribution in [3.8, 4) is 5.75 Å². The molecule has 2 saturated heterocycles. The first-order valence-corrected chi connectivity index (χ1v) is 11.0. The molecule has 0 aliphatic carbocycles. The van der Waals surface area contributed by atoms with Gasteiger partial charge in [-0.2, -0.15) is 0 Å². The summed E-state index contributed by atoms with van der Waals surface area (Å²) in [6.45, 7) is 0. The number of thiocarbonyl (C=S) groups is 1. The van der Waals surface area contributed by atoms with Crippen LogP contribution in [-0.4, -0.2) is 48.2 Å². The normalized spacial score (nSPS) is 24.8. The Morgan fingerprint density at radius 3 is 2.83 bits per heavy atom. The molecule has 1 unspecified atom stereocenters. The molecule has 9 heteroatoms. The van der Waals surface area contributed by atoms with Crippen LogP contribution in [0.25, 0.3) is 6.08 Å². The molecule has 3 rings (SSSR count). The Morgan fingerprint density at radius 2 is 2.21 bits per heavy atom. The van der Waals surface area contributed by atoms with Crippen molar-refractivity contribution in [3.63, 3.8) is 0 Å². The quantitative estimate of drug-likeness (QED) is 0.524. The Labute approximate surface area is 158 Å². The number of nitrogens with zero attached hydrogens (tertiary/aromatic N) is 1. The molecule has 0 spiro atoms. The number of hydrogen-bond donors (Lipinski definition) is 0. The zero-order valence-electron chi connectivity index (χ0n) is 12.7. The lowest BCUT2D eigenvalue weighted by molar-refractivity contribution is -0.123. The van der Waals surface area contributed by atoms with Crippen molar-refractivity contribution in [2.24, 2.45) is 0 Å². The van der Waals surface area contributed by atoms with Crippen LogP contribution < -0.4 is 4.74 Å². The summed E-state index contributed by atoms with van der Waals surface area (Å²) < 4.78 is 29.9. The molecule has 1 atom stereocenters. The van der Waals surface area contributed by atoms with Crippen LogP contribution in [0, 0.1) is 0 Å². The average molecular weight is 448 g/mol. The van der Waals surface area contributed by atoms with Crippen LogP contribution in [0.3, 0.4) is 0 Å². The van der Waals surface area contributed by atoms with Gasteiger partial charge in [-0.3, -0.25) is 9.69 Å². The Hall–Kier alpha value is -0.900. The zero-order valence-corrected chi connectivity index (χ0v) is 16.7. The minimum absolute atomic E-state index is 0.0209. The number of benzene rings is 1. The van der Waals surface area contributed by atoms with Crippen molar-refractivity contribution in [1.82, 2.24) is 4.90 Å². The van der Waals surface area contributed by atoms with Crippen molar-refractivity contribution in [1.29, 1.82) is 0 Å². The van der Waals surface area contributed by atoms with Crippen LogP contribution in [0.2, 0.25) is 0 Å². The van der Waals surface area contributed by atoms with Crippen LogP contribution in [0.15, 0.2) is 27.6 Å². The SMILES string of the molecule is COc1ccc(Br)cc1/C=C1/SC(=S)N(C2CCS(=O)(=O)C2)C1=O. The molecule has 2 aliphatic heterocycles. The highest BCUT2D eigenvalue weighted by atomic mass is 79.9. The van der Waals surface area contributed by atoms with Gasteiger partial charge in [-0.1, -0.05) is 39.9 Å². The Balaban J connectivity index is 1.91. The van der Waals surface area contributed by atoms with Crippen LogP contribution in [0.4, 0.5) is 0 Å². The molecule has 0 N–H and O–H groups in total. The number of sulfone groups is 1. The largest absolute Gasteiger partial charge is 0.496 e. The third-order valence-electron chi connectivity index (χ3n) is 3.88. The maximum Gasteiger partial charge on any atom is 0.266 e. The van der Waals surface area contributed by atoms with Gasteiger partial charge in [-0.25, -0.2) is 8.42 Å². The Morgan fingerprint density at radius 1 is 1.46 bits per heavy atom. The second kappa shape index (κ2) is 6.78. The fraction of sp³-hybridized carbons (Fsp3) is 0.333. The van der Waals surface area contributed by atoms with Gasteiger partial charge in [0.05, 0.1) is 29.6 Å². The smallest absolute Gasteiger partial charge is 0.266 e. The van der Waals surface area contributed by atoms with Gasteiger partial charge in [0.2, 0.25) is 0 Å². The summed E-state index contributed by atoms with van der Waals surface area (Å²) in [7, 11) is -1.52. The first-order chi connectivity index (χ1) is 11.3. The maximum absolute atomic E-state index is 12.7. The van der Waals surface area contributed by atoms with Gasteiger partial charge in [-0.05, 0) is 30.7 Å². The van der Waals surface area contributed by atoms with Gasteiger partial charge in [0, 0.05) is 10.0 Å². The van der Waals surface area contributed by atoms with E-state index >= 15 is 0 Å². The predicted octanol–water partition coefficient (Wildman–Crippen LogP) is 2.85. The summed E-state index contributed by atoms with van der Waals surface area (Å²) in [5.74, 6) is 0.487. The first kappa shape index (κ1) is 17.9. The lowest BCUT2D eigenvalue weighted by Crippen LogP contribution is -2.39. The number of ether oxygens (including phenoxy) is 1. The van der Waals surface area contributed by atoms with Crippen molar-refractivity contribution >= 4 is 66.1 Å². The van der Waals surface area contributed by atoms with E-state index in [-0.39, 0.29) is 23.5 Å². The molecular formula is C15H14BrNO4S3. The van der Waals surface area contributed by atoms with E-state index in [1.165, 1.54) is 16.7 Å². The van der Waals surface area contributed by atoms with Gasteiger partial charge in [0.15, 0.2) is 9.84 Å². The molecule has 128 valence electrons. The zero-order chi connectivity index (χ0) is 17.5. The number of hydrogen-bond acceptors (Lipinski definition) is 6. The summed E-state index contributed by atoms with van der Waals surface area (Å²) in [5.41, 5.74) is 0.756. The molecule has 5 nitrogen and oxygen atoms in total. The fourth-order valence-electron chi connectivity index (χ4n) is 2.73. The van der Waals surface area contributed by atoms with Crippen molar-refractivity contribution in [2.75, 3.05) is 18.6 Å². The van der Waals surface area contributed by atoms with Crippen LogP contribution in [0.1, 0.15) is 12.0 Å². The maximum atomic E-state index is 12.7. The van der Waals surface area contributed by atoms with E-state index in [2.05, 4.69) is 15.9 Å². The van der Waals surface area contributed by atoms with E-state index < -0.39 is 9.84 Å². The molecular weight excluding hydrogens is 434 g/mol. The van der Waals surface area contributed by atoms with Crippen molar-refractivity contribution in [3.05, 3.63) is 33.1 Å². The molecule has 2 fully saturated rings. The third kappa shape index (κ3) is 3.54. The fourth-order valence-corrected chi connectivity index (χ4v) is 6.20. The second-order valence-corrected chi connectivity index (χ2v) is 10.3. The number of amides is 1. The van der Waals surface area contributed by atoms with Gasteiger partial charge in [-0.15, -0.1) is 0 Å². The summed E-state index contributed by atoms with van der Waals surface area (Å²) in [5, 5.41) is 0. The molecule has 0 saturated carbocycles. The number of rotatable bonds is 3. The van der Waals surface area contributed by atoms with Crippen molar-refractivity contribution < 1.29 is 17.9 Å². The summed E-state index contributed by atoms with van der Waals surface area (Å²) in [6, 6.07) is 5.15. The van der Waals surface area contributed by atoms with Gasteiger partial charge >= 0.3 is 0 Å². The molecule has 1 aromatic rings. The second-order valence-electron chi connectivity index (χ2n) is 5.49. The van der Waals surface area contributed by atoms with Gasteiger partial charge in [0.1, 0.15) is 10.1 Å². The molecule has 0 aromatic heterocycles. The number of thioether (sulfide) groups is 1. The molecule has 24 heavy (non-hydrogen) atoms. The highest BCUT2D eigenvalue weighted by Crippen LogP contribution is 2.37. The van der Waals surface area contributed by atoms with Crippen LogP contribution in [0.5, 0.6) is 5.75 Å². The number of halogens is 1. The van der Waals surface area contributed by atoms with E-state index in [1.807, 2.05) is 12.1 Å². The van der Waals surface area contributed by atoms with Crippen molar-refractivity contribution in [2.45, 2.75) is 12.5 Å². The van der Waals surface area contributed by atoms with E-state index in [1.54, 1.807) is 19.3 Å². The molecule has 0 bridgehead atoms.